The molecule has 1 aromatic rings. The number of likely N-dealkylation sites (tertiary alicyclic amines) is 1. The van der Waals surface area contributed by atoms with Crippen molar-refractivity contribution in [2.75, 3.05) is 26.2 Å². The van der Waals surface area contributed by atoms with E-state index in [9.17, 15) is 9.59 Å². The summed E-state index contributed by atoms with van der Waals surface area (Å²) in [6.45, 7) is 8.20. The van der Waals surface area contributed by atoms with Crippen molar-refractivity contribution in [3.05, 3.63) is 29.8 Å². The van der Waals surface area contributed by atoms with Gasteiger partial charge >= 0.3 is 0 Å². The van der Waals surface area contributed by atoms with E-state index >= 15 is 0 Å². The quantitative estimate of drug-likeness (QED) is 0.688. The van der Waals surface area contributed by atoms with Crippen LogP contribution >= 0.6 is 12.4 Å². The van der Waals surface area contributed by atoms with Gasteiger partial charge in [0.25, 0.3) is 5.91 Å². The molecular formula is C21H34ClN3O3. The van der Waals surface area contributed by atoms with E-state index in [4.69, 9.17) is 10.5 Å². The zero-order valence-electron chi connectivity index (χ0n) is 17.2. The van der Waals surface area contributed by atoms with E-state index in [1.165, 1.54) is 0 Å². The monoisotopic (exact) mass is 411 g/mol. The average molecular weight is 412 g/mol. The van der Waals surface area contributed by atoms with Gasteiger partial charge in [-0.05, 0) is 56.9 Å². The molecule has 28 heavy (non-hydrogen) atoms. The number of carbonyl (C=O) groups is 2. The normalized spacial score (nSPS) is 14.9. The van der Waals surface area contributed by atoms with E-state index in [-0.39, 0.29) is 30.3 Å². The van der Waals surface area contributed by atoms with Crippen LogP contribution in [0.2, 0.25) is 0 Å². The third-order valence-corrected chi connectivity index (χ3v) is 5.76. The van der Waals surface area contributed by atoms with Crippen LogP contribution in [0.4, 0.5) is 0 Å². The fourth-order valence-corrected chi connectivity index (χ4v) is 3.56. The van der Waals surface area contributed by atoms with E-state index in [2.05, 4.69) is 5.32 Å². The smallest absolute Gasteiger partial charge is 0.253 e. The predicted octanol–water partition coefficient (Wildman–Crippen LogP) is 2.99. The van der Waals surface area contributed by atoms with Gasteiger partial charge in [-0.2, -0.15) is 0 Å². The van der Waals surface area contributed by atoms with Crippen LogP contribution in [0, 0.1) is 5.41 Å². The summed E-state index contributed by atoms with van der Waals surface area (Å²) in [4.78, 5) is 27.2. The molecule has 1 aliphatic heterocycles. The molecule has 2 amide bonds. The van der Waals surface area contributed by atoms with Crippen molar-refractivity contribution in [2.24, 2.45) is 11.1 Å². The number of ether oxygens (including phenoxy) is 1. The first-order valence-electron chi connectivity index (χ1n) is 10.0. The molecule has 1 aromatic carbocycles. The summed E-state index contributed by atoms with van der Waals surface area (Å²) in [6, 6.07) is 7.36. The minimum absolute atomic E-state index is 0. The number of hydrogen-bond acceptors (Lipinski definition) is 4. The third-order valence-electron chi connectivity index (χ3n) is 5.76. The van der Waals surface area contributed by atoms with Crippen molar-refractivity contribution < 1.29 is 14.3 Å². The lowest BCUT2D eigenvalue weighted by Gasteiger charge is -2.35. The van der Waals surface area contributed by atoms with Crippen molar-refractivity contribution in [3.8, 4) is 5.75 Å². The lowest BCUT2D eigenvalue weighted by atomic mass is 9.81. The lowest BCUT2D eigenvalue weighted by Crippen LogP contribution is -2.52. The minimum Gasteiger partial charge on any atom is -0.494 e. The molecule has 2 rings (SSSR count). The van der Waals surface area contributed by atoms with Gasteiger partial charge in [-0.25, -0.2) is 0 Å². The first-order valence-corrected chi connectivity index (χ1v) is 10.0. The Morgan fingerprint density at radius 1 is 1.14 bits per heavy atom. The molecule has 0 spiro atoms. The van der Waals surface area contributed by atoms with E-state index in [1.807, 2.05) is 37.8 Å². The van der Waals surface area contributed by atoms with Crippen LogP contribution in [0.25, 0.3) is 0 Å². The zero-order valence-corrected chi connectivity index (χ0v) is 18.0. The number of hydrogen-bond donors (Lipinski definition) is 2. The molecule has 158 valence electrons. The van der Waals surface area contributed by atoms with Crippen molar-refractivity contribution in [2.45, 2.75) is 52.5 Å². The number of amides is 2. The van der Waals surface area contributed by atoms with Crippen LogP contribution < -0.4 is 15.8 Å². The molecule has 3 N–H and O–H groups in total. The molecule has 0 unspecified atom stereocenters. The van der Waals surface area contributed by atoms with E-state index in [1.54, 1.807) is 12.1 Å². The van der Waals surface area contributed by atoms with Gasteiger partial charge in [0.15, 0.2) is 0 Å². The predicted molar refractivity (Wildman–Crippen MR) is 114 cm³/mol. The fraction of sp³-hybridized carbons (Fsp3) is 0.619. The Hall–Kier alpha value is -1.79. The first-order chi connectivity index (χ1) is 13.0. The van der Waals surface area contributed by atoms with Crippen LogP contribution in [0.1, 0.15) is 56.8 Å². The Morgan fingerprint density at radius 3 is 2.18 bits per heavy atom. The molecule has 0 aromatic heterocycles. The molecule has 7 heteroatoms. The maximum Gasteiger partial charge on any atom is 0.253 e. The summed E-state index contributed by atoms with van der Waals surface area (Å²) in [5, 5.41) is 3.16. The topological polar surface area (TPSA) is 84.7 Å². The Bertz CT molecular complexity index is 616. The molecule has 0 radical (unpaired) electrons. The highest BCUT2D eigenvalue weighted by Gasteiger charge is 2.35. The molecular weight excluding hydrogens is 378 g/mol. The Labute approximate surface area is 174 Å². The zero-order chi connectivity index (χ0) is 19.9. The van der Waals surface area contributed by atoms with Crippen LogP contribution in [0.3, 0.4) is 0 Å². The average Bonchev–Trinajstić information content (AvgIpc) is 2.71. The van der Waals surface area contributed by atoms with E-state index < -0.39 is 5.41 Å². The van der Waals surface area contributed by atoms with Gasteiger partial charge in [0.2, 0.25) is 5.91 Å². The Balaban J connectivity index is 0.00000392. The van der Waals surface area contributed by atoms with Crippen molar-refractivity contribution in [1.29, 1.82) is 0 Å². The Morgan fingerprint density at radius 2 is 1.71 bits per heavy atom. The Kier molecular flexibility index (Phi) is 9.76. The van der Waals surface area contributed by atoms with Gasteiger partial charge in [-0.3, -0.25) is 9.59 Å². The van der Waals surface area contributed by atoms with Gasteiger partial charge in [-0.15, -0.1) is 12.4 Å². The molecule has 1 fully saturated rings. The number of rotatable bonds is 8. The molecule has 1 heterocycles. The van der Waals surface area contributed by atoms with Crippen LogP contribution in [0.5, 0.6) is 5.75 Å². The summed E-state index contributed by atoms with van der Waals surface area (Å²) in [6.07, 6.45) is 3.01. The van der Waals surface area contributed by atoms with Gasteiger partial charge in [-0.1, -0.05) is 13.8 Å². The van der Waals surface area contributed by atoms with Gasteiger partial charge in [0.05, 0.1) is 12.0 Å². The number of nitrogens with zero attached hydrogens (tertiary/aromatic N) is 1. The maximum atomic E-state index is 12.7. The molecule has 1 saturated heterocycles. The van der Waals surface area contributed by atoms with Crippen LogP contribution in [0.15, 0.2) is 24.3 Å². The second-order valence-electron chi connectivity index (χ2n) is 7.19. The van der Waals surface area contributed by atoms with Crippen LogP contribution in [-0.2, 0) is 4.79 Å². The largest absolute Gasteiger partial charge is 0.494 e. The first kappa shape index (κ1) is 24.2. The standard InChI is InChI=1S/C21H33N3O3.ClH/c1-4-21(5-2,15-22)20(26)23-17-11-13-24(14-12-17)19(25)16-7-9-18(10-8-16)27-6-3;/h7-10,17H,4-6,11-15,22H2,1-3H3,(H,23,26);1H. The molecule has 0 aliphatic carbocycles. The maximum absolute atomic E-state index is 12.7. The number of halogens is 1. The summed E-state index contributed by atoms with van der Waals surface area (Å²) >= 11 is 0. The van der Waals surface area contributed by atoms with Gasteiger partial charge in [0.1, 0.15) is 5.75 Å². The number of nitrogens with one attached hydrogen (secondary N) is 1. The number of carbonyl (C=O) groups excluding carboxylic acids is 2. The number of nitrogens with two attached hydrogens (primary N) is 1. The van der Waals surface area contributed by atoms with Gasteiger partial charge < -0.3 is 20.7 Å². The second-order valence-corrected chi connectivity index (χ2v) is 7.19. The minimum atomic E-state index is -0.477. The van der Waals surface area contributed by atoms with Gasteiger partial charge in [0, 0.05) is 31.2 Å². The number of benzene rings is 1. The molecule has 0 bridgehead atoms. The summed E-state index contributed by atoms with van der Waals surface area (Å²) in [7, 11) is 0. The highest BCUT2D eigenvalue weighted by atomic mass is 35.5. The summed E-state index contributed by atoms with van der Waals surface area (Å²) < 4.78 is 5.42. The highest BCUT2D eigenvalue weighted by molar-refractivity contribution is 5.94. The van der Waals surface area contributed by atoms with Crippen LogP contribution in [-0.4, -0.2) is 49.0 Å². The molecule has 6 nitrogen and oxygen atoms in total. The third kappa shape index (κ3) is 5.61. The fourth-order valence-electron chi connectivity index (χ4n) is 3.56. The van der Waals surface area contributed by atoms with Crippen molar-refractivity contribution >= 4 is 24.2 Å². The lowest BCUT2D eigenvalue weighted by molar-refractivity contribution is -0.132. The molecule has 0 atom stereocenters. The van der Waals surface area contributed by atoms with Crippen molar-refractivity contribution in [3.63, 3.8) is 0 Å². The SMILES string of the molecule is CCOc1ccc(C(=O)N2CCC(NC(=O)C(CC)(CC)CN)CC2)cc1.Cl. The molecule has 0 saturated carbocycles. The highest BCUT2D eigenvalue weighted by Crippen LogP contribution is 2.26. The van der Waals surface area contributed by atoms with E-state index in [0.717, 1.165) is 31.4 Å². The number of piperidine rings is 1. The second kappa shape index (κ2) is 11.3. The molecule has 1 aliphatic rings. The van der Waals surface area contributed by atoms with Crippen molar-refractivity contribution in [1.82, 2.24) is 10.2 Å². The van der Waals surface area contributed by atoms with E-state index in [0.29, 0.717) is 31.8 Å². The summed E-state index contributed by atoms with van der Waals surface area (Å²) in [5.74, 6) is 0.846. The summed E-state index contributed by atoms with van der Waals surface area (Å²) in [5.41, 5.74) is 6.06.